The predicted molar refractivity (Wildman–Crippen MR) is 55.3 cm³/mol. The molecule has 12 heavy (non-hydrogen) atoms. The molecule has 1 nitrogen and oxygen atoms in total. The summed E-state index contributed by atoms with van der Waals surface area (Å²) in [5, 5.41) is 2.07. The fourth-order valence-corrected chi connectivity index (χ4v) is 2.35. The van der Waals surface area contributed by atoms with Crippen molar-refractivity contribution >= 4 is 27.3 Å². The van der Waals surface area contributed by atoms with Gasteiger partial charge >= 0.3 is 0 Å². The molecule has 0 fully saturated rings. The summed E-state index contributed by atoms with van der Waals surface area (Å²) in [7, 11) is 0. The second kappa shape index (κ2) is 3.37. The van der Waals surface area contributed by atoms with Gasteiger partial charge in [0, 0.05) is 18.0 Å². The SMILES string of the molecule is Brc1sccc1-c1ccncc1. The highest BCUT2D eigenvalue weighted by Gasteiger charge is 2.01. The summed E-state index contributed by atoms with van der Waals surface area (Å²) in [6.07, 6.45) is 3.61. The molecule has 60 valence electrons. The fraction of sp³-hybridized carbons (Fsp3) is 0. The summed E-state index contributed by atoms with van der Waals surface area (Å²) in [5.74, 6) is 0. The van der Waals surface area contributed by atoms with Crippen molar-refractivity contribution in [3.05, 3.63) is 39.8 Å². The first-order valence-corrected chi connectivity index (χ1v) is 5.18. The molecule has 0 bridgehead atoms. The van der Waals surface area contributed by atoms with Gasteiger partial charge in [0.15, 0.2) is 0 Å². The molecule has 0 atom stereocenters. The van der Waals surface area contributed by atoms with Gasteiger partial charge in [-0.2, -0.15) is 0 Å². The summed E-state index contributed by atoms with van der Waals surface area (Å²) in [6.45, 7) is 0. The van der Waals surface area contributed by atoms with Crippen molar-refractivity contribution in [3.8, 4) is 11.1 Å². The number of pyridine rings is 1. The van der Waals surface area contributed by atoms with Gasteiger partial charge in [-0.15, -0.1) is 11.3 Å². The van der Waals surface area contributed by atoms with E-state index in [0.29, 0.717) is 0 Å². The molecule has 2 rings (SSSR count). The second-order valence-corrected chi connectivity index (χ2v) is 4.58. The maximum Gasteiger partial charge on any atom is 0.0776 e. The fourth-order valence-electron chi connectivity index (χ4n) is 1.03. The molecule has 0 amide bonds. The molecule has 0 radical (unpaired) electrons. The Morgan fingerprint density at radius 2 is 1.92 bits per heavy atom. The summed E-state index contributed by atoms with van der Waals surface area (Å²) in [5.41, 5.74) is 2.44. The van der Waals surface area contributed by atoms with Crippen molar-refractivity contribution in [2.24, 2.45) is 0 Å². The largest absolute Gasteiger partial charge is 0.265 e. The summed E-state index contributed by atoms with van der Waals surface area (Å²) >= 11 is 5.20. The molecule has 3 heteroatoms. The first-order chi connectivity index (χ1) is 5.88. The van der Waals surface area contributed by atoms with E-state index in [9.17, 15) is 0 Å². The first kappa shape index (κ1) is 7.95. The van der Waals surface area contributed by atoms with Crippen LogP contribution in [0.4, 0.5) is 0 Å². The van der Waals surface area contributed by atoms with E-state index in [-0.39, 0.29) is 0 Å². The smallest absolute Gasteiger partial charge is 0.0776 e. The molecule has 0 saturated heterocycles. The molecule has 0 aromatic carbocycles. The standard InChI is InChI=1S/C9H6BrNS/c10-9-8(3-6-12-9)7-1-4-11-5-2-7/h1-6H. The second-order valence-electron chi connectivity index (χ2n) is 2.34. The van der Waals surface area contributed by atoms with E-state index < -0.39 is 0 Å². The topological polar surface area (TPSA) is 12.9 Å². The molecule has 2 aromatic heterocycles. The van der Waals surface area contributed by atoms with Crippen LogP contribution in [0.2, 0.25) is 0 Å². The quantitative estimate of drug-likeness (QED) is 0.742. The Kier molecular flexibility index (Phi) is 2.23. The minimum atomic E-state index is 1.17. The van der Waals surface area contributed by atoms with Crippen LogP contribution in [0.3, 0.4) is 0 Å². The van der Waals surface area contributed by atoms with Crippen LogP contribution in [-0.2, 0) is 0 Å². The molecule has 2 aromatic rings. The Labute approximate surface area is 83.2 Å². The monoisotopic (exact) mass is 239 g/mol. The van der Waals surface area contributed by atoms with Crippen molar-refractivity contribution in [1.29, 1.82) is 0 Å². The van der Waals surface area contributed by atoms with Gasteiger partial charge in [0.2, 0.25) is 0 Å². The van der Waals surface area contributed by atoms with Crippen LogP contribution in [0, 0.1) is 0 Å². The lowest BCUT2D eigenvalue weighted by Crippen LogP contribution is -1.74. The third-order valence-electron chi connectivity index (χ3n) is 1.61. The van der Waals surface area contributed by atoms with Crippen LogP contribution in [0.1, 0.15) is 0 Å². The van der Waals surface area contributed by atoms with Crippen LogP contribution in [0.15, 0.2) is 39.8 Å². The van der Waals surface area contributed by atoms with E-state index in [4.69, 9.17) is 0 Å². The number of aromatic nitrogens is 1. The molecule has 0 spiro atoms. The third kappa shape index (κ3) is 1.42. The van der Waals surface area contributed by atoms with Crippen molar-refractivity contribution in [1.82, 2.24) is 4.98 Å². The number of rotatable bonds is 1. The molecule has 0 saturated carbocycles. The van der Waals surface area contributed by atoms with Gasteiger partial charge in [0.25, 0.3) is 0 Å². The van der Waals surface area contributed by atoms with Crippen molar-refractivity contribution in [2.75, 3.05) is 0 Å². The van der Waals surface area contributed by atoms with Gasteiger partial charge in [0.05, 0.1) is 3.79 Å². The van der Waals surface area contributed by atoms with Crippen molar-refractivity contribution in [3.63, 3.8) is 0 Å². The highest BCUT2D eigenvalue weighted by molar-refractivity contribution is 9.11. The molecule has 0 aliphatic heterocycles. The Bertz CT molecular complexity index is 369. The van der Waals surface area contributed by atoms with E-state index in [1.54, 1.807) is 23.7 Å². The summed E-state index contributed by atoms with van der Waals surface area (Å²) < 4.78 is 1.17. The van der Waals surface area contributed by atoms with Gasteiger partial charge in [-0.05, 0) is 45.1 Å². The minimum Gasteiger partial charge on any atom is -0.265 e. The maximum atomic E-state index is 3.97. The Morgan fingerprint density at radius 1 is 1.17 bits per heavy atom. The van der Waals surface area contributed by atoms with Gasteiger partial charge < -0.3 is 0 Å². The zero-order valence-electron chi connectivity index (χ0n) is 6.20. The summed E-state index contributed by atoms with van der Waals surface area (Å²) in [4.78, 5) is 3.97. The molecular formula is C9H6BrNS. The lowest BCUT2D eigenvalue weighted by molar-refractivity contribution is 1.33. The van der Waals surface area contributed by atoms with E-state index in [1.165, 1.54) is 14.9 Å². The minimum absolute atomic E-state index is 1.17. The zero-order chi connectivity index (χ0) is 8.39. The van der Waals surface area contributed by atoms with Crippen molar-refractivity contribution < 1.29 is 0 Å². The first-order valence-electron chi connectivity index (χ1n) is 3.51. The van der Waals surface area contributed by atoms with Gasteiger partial charge in [-0.1, -0.05) is 0 Å². The predicted octanol–water partition coefficient (Wildman–Crippen LogP) is 3.57. The van der Waals surface area contributed by atoms with E-state index in [0.717, 1.165) is 0 Å². The zero-order valence-corrected chi connectivity index (χ0v) is 8.60. The molecular weight excluding hydrogens is 234 g/mol. The van der Waals surface area contributed by atoms with E-state index in [2.05, 4.69) is 32.4 Å². The van der Waals surface area contributed by atoms with Gasteiger partial charge in [-0.3, -0.25) is 4.98 Å². The Morgan fingerprint density at radius 3 is 2.50 bits per heavy atom. The molecule has 2 heterocycles. The van der Waals surface area contributed by atoms with Gasteiger partial charge in [-0.25, -0.2) is 0 Å². The Balaban J connectivity index is 2.51. The number of halogens is 1. The third-order valence-corrected chi connectivity index (χ3v) is 3.30. The van der Waals surface area contributed by atoms with Crippen LogP contribution in [-0.4, -0.2) is 4.98 Å². The molecule has 0 unspecified atom stereocenters. The van der Waals surface area contributed by atoms with Crippen LogP contribution < -0.4 is 0 Å². The number of thiophene rings is 1. The average molecular weight is 240 g/mol. The number of nitrogens with zero attached hydrogens (tertiary/aromatic N) is 1. The van der Waals surface area contributed by atoms with Crippen molar-refractivity contribution in [2.45, 2.75) is 0 Å². The molecule has 0 aliphatic rings. The number of hydrogen-bond donors (Lipinski definition) is 0. The van der Waals surface area contributed by atoms with Crippen LogP contribution >= 0.6 is 27.3 Å². The van der Waals surface area contributed by atoms with E-state index >= 15 is 0 Å². The summed E-state index contributed by atoms with van der Waals surface area (Å²) in [6, 6.07) is 6.11. The highest BCUT2D eigenvalue weighted by Crippen LogP contribution is 2.32. The van der Waals surface area contributed by atoms with Crippen LogP contribution in [0.5, 0.6) is 0 Å². The maximum absolute atomic E-state index is 3.97. The average Bonchev–Trinajstić information content (AvgIpc) is 2.53. The molecule has 0 aliphatic carbocycles. The Hall–Kier alpha value is -0.670. The van der Waals surface area contributed by atoms with Crippen LogP contribution in [0.25, 0.3) is 11.1 Å². The van der Waals surface area contributed by atoms with E-state index in [1.807, 2.05) is 12.1 Å². The normalized spacial score (nSPS) is 10.1. The lowest BCUT2D eigenvalue weighted by atomic mass is 10.1. The van der Waals surface area contributed by atoms with Gasteiger partial charge in [0.1, 0.15) is 0 Å². The molecule has 0 N–H and O–H groups in total. The number of hydrogen-bond acceptors (Lipinski definition) is 2. The highest BCUT2D eigenvalue weighted by atomic mass is 79.9. The lowest BCUT2D eigenvalue weighted by Gasteiger charge is -1.96.